The highest BCUT2D eigenvalue weighted by molar-refractivity contribution is 5.78. The number of hydrogen-bond donors (Lipinski definition) is 0. The first kappa shape index (κ1) is 16.5. The fourth-order valence-electron chi connectivity index (χ4n) is 3.20. The van der Waals surface area contributed by atoms with Gasteiger partial charge in [-0.1, -0.05) is 18.2 Å². The van der Waals surface area contributed by atoms with Crippen LogP contribution in [0.1, 0.15) is 22.9 Å². The van der Waals surface area contributed by atoms with Gasteiger partial charge in [0.1, 0.15) is 5.75 Å². The molecule has 24 heavy (non-hydrogen) atoms. The van der Waals surface area contributed by atoms with E-state index in [9.17, 15) is 4.79 Å². The Kier molecular flexibility index (Phi) is 4.85. The number of methoxy groups -OCH3 is 1. The van der Waals surface area contributed by atoms with E-state index in [-0.39, 0.29) is 18.4 Å². The van der Waals surface area contributed by atoms with Crippen molar-refractivity contribution in [3.8, 4) is 5.75 Å². The highest BCUT2D eigenvalue weighted by Crippen LogP contribution is 2.27. The van der Waals surface area contributed by atoms with E-state index in [1.54, 1.807) is 18.3 Å². The lowest BCUT2D eigenvalue weighted by atomic mass is 9.99. The van der Waals surface area contributed by atoms with Gasteiger partial charge in [0, 0.05) is 32.3 Å². The number of amides is 1. The summed E-state index contributed by atoms with van der Waals surface area (Å²) in [6, 6.07) is 7.70. The van der Waals surface area contributed by atoms with Gasteiger partial charge in [0.2, 0.25) is 0 Å². The third-order valence-electron chi connectivity index (χ3n) is 4.40. The zero-order valence-electron chi connectivity index (χ0n) is 14.4. The van der Waals surface area contributed by atoms with Gasteiger partial charge >= 0.3 is 0 Å². The second kappa shape index (κ2) is 7.05. The third kappa shape index (κ3) is 3.28. The number of hydrogen-bond acceptors (Lipinski definition) is 4. The molecule has 0 radical (unpaired) electrons. The molecule has 6 heteroatoms. The Labute approximate surface area is 142 Å². The molecule has 0 spiro atoms. The highest BCUT2D eigenvalue weighted by atomic mass is 16.5. The second-order valence-electron chi connectivity index (χ2n) is 6.17. The van der Waals surface area contributed by atoms with E-state index >= 15 is 0 Å². The number of rotatable bonds is 5. The zero-order chi connectivity index (χ0) is 17.1. The quantitative estimate of drug-likeness (QED) is 0.840. The van der Waals surface area contributed by atoms with Crippen molar-refractivity contribution in [2.75, 3.05) is 26.9 Å². The van der Waals surface area contributed by atoms with E-state index in [2.05, 4.69) is 4.98 Å². The summed E-state index contributed by atoms with van der Waals surface area (Å²) in [5.74, 6) is 0.846. The van der Waals surface area contributed by atoms with E-state index in [0.717, 1.165) is 22.7 Å². The van der Waals surface area contributed by atoms with E-state index in [0.29, 0.717) is 19.7 Å². The van der Waals surface area contributed by atoms with E-state index < -0.39 is 0 Å². The topological polar surface area (TPSA) is 56.6 Å². The van der Waals surface area contributed by atoms with Crippen molar-refractivity contribution in [2.45, 2.75) is 19.4 Å². The average molecular weight is 329 g/mol. The van der Waals surface area contributed by atoms with Crippen molar-refractivity contribution in [1.82, 2.24) is 14.5 Å². The number of benzene rings is 1. The molecule has 1 atom stereocenters. The number of aromatic nitrogens is 2. The van der Waals surface area contributed by atoms with Crippen molar-refractivity contribution < 1.29 is 14.3 Å². The largest absolute Gasteiger partial charge is 0.484 e. The van der Waals surface area contributed by atoms with Gasteiger partial charge in [0.25, 0.3) is 5.91 Å². The summed E-state index contributed by atoms with van der Waals surface area (Å²) in [7, 11) is 3.66. The van der Waals surface area contributed by atoms with Crippen LogP contribution in [0.3, 0.4) is 0 Å². The monoisotopic (exact) mass is 329 g/mol. The van der Waals surface area contributed by atoms with Gasteiger partial charge in [0.05, 0.1) is 25.2 Å². The Hall–Kier alpha value is -2.34. The Morgan fingerprint density at radius 1 is 1.38 bits per heavy atom. The fourth-order valence-corrected chi connectivity index (χ4v) is 3.20. The minimum atomic E-state index is -0.0318. The maximum absolute atomic E-state index is 12.6. The Balaban J connectivity index is 1.69. The third-order valence-corrected chi connectivity index (χ3v) is 4.40. The van der Waals surface area contributed by atoms with E-state index in [4.69, 9.17) is 9.47 Å². The van der Waals surface area contributed by atoms with Crippen LogP contribution in [0.2, 0.25) is 0 Å². The molecule has 0 N–H and O–H groups in total. The molecule has 1 amide bonds. The fraction of sp³-hybridized carbons (Fsp3) is 0.444. The van der Waals surface area contributed by atoms with Gasteiger partial charge in [-0.25, -0.2) is 4.98 Å². The lowest BCUT2D eigenvalue weighted by Gasteiger charge is -2.32. The standard InChI is InChI=1S/C18H23N3O3/c1-13-6-4-5-7-16(13)24-11-17(22)21-8-14(10-23-3)18-15(9-21)19-12-20(18)2/h4-7,12,14H,8-11H2,1-3H3/t14-/m1/s1. The number of carbonyl (C=O) groups excluding carboxylic acids is 1. The van der Waals surface area contributed by atoms with Crippen LogP contribution in [0.5, 0.6) is 5.75 Å². The molecule has 0 saturated carbocycles. The molecule has 2 aromatic rings. The maximum atomic E-state index is 12.6. The van der Waals surface area contributed by atoms with Gasteiger partial charge in [0.15, 0.2) is 6.61 Å². The number of imidazole rings is 1. The van der Waals surface area contributed by atoms with Gasteiger partial charge in [-0.3, -0.25) is 4.79 Å². The van der Waals surface area contributed by atoms with Crippen LogP contribution >= 0.6 is 0 Å². The molecule has 0 saturated heterocycles. The summed E-state index contributed by atoms with van der Waals surface area (Å²) < 4.78 is 13.0. The lowest BCUT2D eigenvalue weighted by molar-refractivity contribution is -0.135. The van der Waals surface area contributed by atoms with Crippen LogP contribution in [-0.4, -0.2) is 47.2 Å². The van der Waals surface area contributed by atoms with Crippen LogP contribution in [-0.2, 0) is 23.1 Å². The number of nitrogens with zero attached hydrogens (tertiary/aromatic N) is 3. The van der Waals surface area contributed by atoms with Gasteiger partial charge in [-0.2, -0.15) is 0 Å². The SMILES string of the molecule is COC[C@H]1CN(C(=O)COc2ccccc2C)Cc2ncn(C)c21. The number of ether oxygens (including phenoxy) is 2. The summed E-state index contributed by atoms with van der Waals surface area (Å²) in [6.45, 7) is 3.71. The van der Waals surface area contributed by atoms with E-state index in [1.165, 1.54) is 0 Å². The summed E-state index contributed by atoms with van der Waals surface area (Å²) in [5.41, 5.74) is 3.11. The number of fused-ring (bicyclic) bond motifs is 1. The number of aryl methyl sites for hydroxylation is 2. The summed E-state index contributed by atoms with van der Waals surface area (Å²) in [4.78, 5) is 18.8. The van der Waals surface area contributed by atoms with Crippen molar-refractivity contribution in [1.29, 1.82) is 0 Å². The number of carbonyl (C=O) groups is 1. The predicted molar refractivity (Wildman–Crippen MR) is 89.9 cm³/mol. The first-order valence-corrected chi connectivity index (χ1v) is 8.05. The van der Waals surface area contributed by atoms with Crippen molar-refractivity contribution in [2.24, 2.45) is 7.05 Å². The smallest absolute Gasteiger partial charge is 0.260 e. The molecule has 0 bridgehead atoms. The van der Waals surface area contributed by atoms with Crippen LogP contribution < -0.4 is 4.74 Å². The van der Waals surface area contributed by atoms with E-state index in [1.807, 2.05) is 42.8 Å². The molecule has 6 nitrogen and oxygen atoms in total. The lowest BCUT2D eigenvalue weighted by Crippen LogP contribution is -2.42. The minimum Gasteiger partial charge on any atom is -0.484 e. The molecule has 1 aliphatic heterocycles. The highest BCUT2D eigenvalue weighted by Gasteiger charge is 2.31. The normalized spacial score (nSPS) is 16.8. The molecule has 0 fully saturated rings. The van der Waals surface area contributed by atoms with Gasteiger partial charge < -0.3 is 18.9 Å². The average Bonchev–Trinajstić information content (AvgIpc) is 2.95. The summed E-state index contributed by atoms with van der Waals surface area (Å²) >= 11 is 0. The summed E-state index contributed by atoms with van der Waals surface area (Å²) in [5, 5.41) is 0. The molecule has 1 aromatic carbocycles. The zero-order valence-corrected chi connectivity index (χ0v) is 14.4. The first-order chi connectivity index (χ1) is 11.6. The van der Waals surface area contributed by atoms with Crippen LogP contribution in [0, 0.1) is 6.92 Å². The number of para-hydroxylation sites is 1. The van der Waals surface area contributed by atoms with Crippen LogP contribution in [0.4, 0.5) is 0 Å². The molecule has 0 unspecified atom stereocenters. The Morgan fingerprint density at radius 2 is 2.17 bits per heavy atom. The van der Waals surface area contributed by atoms with Crippen molar-refractivity contribution in [3.05, 3.63) is 47.5 Å². The van der Waals surface area contributed by atoms with Crippen molar-refractivity contribution >= 4 is 5.91 Å². The molecular weight excluding hydrogens is 306 g/mol. The van der Waals surface area contributed by atoms with Crippen molar-refractivity contribution in [3.63, 3.8) is 0 Å². The minimum absolute atomic E-state index is 0.0318. The molecule has 2 heterocycles. The molecule has 1 aromatic heterocycles. The molecule has 128 valence electrons. The molecule has 3 rings (SSSR count). The Bertz CT molecular complexity index is 726. The van der Waals surface area contributed by atoms with Gasteiger partial charge in [-0.15, -0.1) is 0 Å². The summed E-state index contributed by atoms with van der Waals surface area (Å²) in [6.07, 6.45) is 1.80. The maximum Gasteiger partial charge on any atom is 0.260 e. The Morgan fingerprint density at radius 3 is 2.92 bits per heavy atom. The molecule has 0 aliphatic carbocycles. The molecule has 1 aliphatic rings. The van der Waals surface area contributed by atoms with Crippen LogP contribution in [0.15, 0.2) is 30.6 Å². The second-order valence-corrected chi connectivity index (χ2v) is 6.17. The molecular formula is C18H23N3O3. The van der Waals surface area contributed by atoms with Gasteiger partial charge in [-0.05, 0) is 18.6 Å². The first-order valence-electron chi connectivity index (χ1n) is 8.05. The van der Waals surface area contributed by atoms with Crippen LogP contribution in [0.25, 0.3) is 0 Å². The predicted octanol–water partition coefficient (Wildman–Crippen LogP) is 1.88.